The molecular formula is C17H17Cl2N3O2. The molecule has 0 saturated heterocycles. The highest BCUT2D eigenvalue weighted by molar-refractivity contribution is 6.42. The first-order chi connectivity index (χ1) is 11.4. The Morgan fingerprint density at radius 1 is 0.917 bits per heavy atom. The number of anilines is 3. The number of benzene rings is 2. The van der Waals surface area contributed by atoms with Crippen LogP contribution in [0.4, 0.5) is 17.1 Å². The molecule has 0 aliphatic rings. The highest BCUT2D eigenvalue weighted by Crippen LogP contribution is 2.24. The van der Waals surface area contributed by atoms with Crippen molar-refractivity contribution in [3.05, 3.63) is 52.5 Å². The van der Waals surface area contributed by atoms with Gasteiger partial charge in [-0.1, -0.05) is 29.3 Å². The smallest absolute Gasteiger partial charge is 0.226 e. The van der Waals surface area contributed by atoms with E-state index in [1.807, 2.05) is 0 Å². The molecule has 0 heterocycles. The van der Waals surface area contributed by atoms with Crippen molar-refractivity contribution < 1.29 is 9.59 Å². The molecular weight excluding hydrogens is 349 g/mol. The Morgan fingerprint density at radius 2 is 1.62 bits per heavy atom. The SMILES string of the molecule is CC(=O)Nc1cccc(NC(=O)CCNc2ccc(Cl)c(Cl)c2)c1. The summed E-state index contributed by atoms with van der Waals surface area (Å²) >= 11 is 11.8. The van der Waals surface area contributed by atoms with Crippen molar-refractivity contribution in [1.29, 1.82) is 0 Å². The lowest BCUT2D eigenvalue weighted by molar-refractivity contribution is -0.116. The second-order valence-corrected chi connectivity index (χ2v) is 5.93. The van der Waals surface area contributed by atoms with Crippen LogP contribution in [0.5, 0.6) is 0 Å². The first-order valence-corrected chi connectivity index (χ1v) is 8.06. The second kappa shape index (κ2) is 8.57. The standard InChI is InChI=1S/C17H17Cl2N3O2/c1-11(23)21-13-3-2-4-14(9-13)22-17(24)7-8-20-12-5-6-15(18)16(19)10-12/h2-6,9-10,20H,7-8H2,1H3,(H,21,23)(H,22,24). The van der Waals surface area contributed by atoms with Crippen molar-refractivity contribution >= 4 is 52.1 Å². The molecule has 0 atom stereocenters. The predicted octanol–water partition coefficient (Wildman–Crippen LogP) is 4.39. The lowest BCUT2D eigenvalue weighted by Crippen LogP contribution is -2.16. The van der Waals surface area contributed by atoms with E-state index in [9.17, 15) is 9.59 Å². The molecule has 0 unspecified atom stereocenters. The summed E-state index contributed by atoms with van der Waals surface area (Å²) in [5.41, 5.74) is 2.06. The summed E-state index contributed by atoms with van der Waals surface area (Å²) in [6, 6.07) is 12.2. The Bertz CT molecular complexity index is 750. The maximum absolute atomic E-state index is 12.0. The Kier molecular flexibility index (Phi) is 6.46. The number of carbonyl (C=O) groups is 2. The van der Waals surface area contributed by atoms with E-state index < -0.39 is 0 Å². The number of halogens is 2. The molecule has 0 radical (unpaired) electrons. The van der Waals surface area contributed by atoms with E-state index >= 15 is 0 Å². The van der Waals surface area contributed by atoms with E-state index in [1.165, 1.54) is 6.92 Å². The van der Waals surface area contributed by atoms with Gasteiger partial charge in [0.1, 0.15) is 0 Å². The molecule has 5 nitrogen and oxygen atoms in total. The zero-order valence-electron chi connectivity index (χ0n) is 13.0. The van der Waals surface area contributed by atoms with E-state index in [4.69, 9.17) is 23.2 Å². The number of hydrogen-bond acceptors (Lipinski definition) is 3. The van der Waals surface area contributed by atoms with Gasteiger partial charge in [0.25, 0.3) is 0 Å². The van der Waals surface area contributed by atoms with Crippen LogP contribution < -0.4 is 16.0 Å². The average molecular weight is 366 g/mol. The monoisotopic (exact) mass is 365 g/mol. The van der Waals surface area contributed by atoms with Crippen molar-refractivity contribution in [3.8, 4) is 0 Å². The summed E-state index contributed by atoms with van der Waals surface area (Å²) < 4.78 is 0. The van der Waals surface area contributed by atoms with Gasteiger partial charge in [-0.15, -0.1) is 0 Å². The third-order valence-electron chi connectivity index (χ3n) is 3.07. The Morgan fingerprint density at radius 3 is 2.29 bits per heavy atom. The molecule has 0 aromatic heterocycles. The normalized spacial score (nSPS) is 10.1. The van der Waals surface area contributed by atoms with Crippen LogP contribution in [0.1, 0.15) is 13.3 Å². The van der Waals surface area contributed by atoms with E-state index in [0.717, 1.165) is 5.69 Å². The third-order valence-corrected chi connectivity index (χ3v) is 3.81. The first-order valence-electron chi connectivity index (χ1n) is 7.30. The quantitative estimate of drug-likeness (QED) is 0.710. The van der Waals surface area contributed by atoms with Gasteiger partial charge in [0.15, 0.2) is 0 Å². The Labute approximate surface area is 150 Å². The number of rotatable bonds is 6. The van der Waals surface area contributed by atoms with Gasteiger partial charge in [0.05, 0.1) is 10.0 Å². The van der Waals surface area contributed by atoms with Gasteiger partial charge in [-0.3, -0.25) is 9.59 Å². The zero-order valence-corrected chi connectivity index (χ0v) is 14.5. The molecule has 0 aliphatic carbocycles. The molecule has 0 saturated carbocycles. The van der Waals surface area contributed by atoms with Crippen LogP contribution in [0.2, 0.25) is 10.0 Å². The van der Waals surface area contributed by atoms with E-state index in [0.29, 0.717) is 28.0 Å². The minimum Gasteiger partial charge on any atom is -0.384 e. The fraction of sp³-hybridized carbons (Fsp3) is 0.176. The highest BCUT2D eigenvalue weighted by Gasteiger charge is 2.04. The van der Waals surface area contributed by atoms with Gasteiger partial charge < -0.3 is 16.0 Å². The molecule has 0 aliphatic heterocycles. The summed E-state index contributed by atoms with van der Waals surface area (Å²) in [7, 11) is 0. The van der Waals surface area contributed by atoms with Crippen molar-refractivity contribution in [3.63, 3.8) is 0 Å². The summed E-state index contributed by atoms with van der Waals surface area (Å²) in [5, 5.41) is 9.50. The fourth-order valence-corrected chi connectivity index (χ4v) is 2.33. The van der Waals surface area contributed by atoms with Gasteiger partial charge in [0.2, 0.25) is 11.8 Å². The zero-order chi connectivity index (χ0) is 17.5. The molecule has 0 spiro atoms. The molecule has 7 heteroatoms. The lowest BCUT2D eigenvalue weighted by atomic mass is 10.2. The minimum absolute atomic E-state index is 0.137. The Balaban J connectivity index is 1.82. The summed E-state index contributed by atoms with van der Waals surface area (Å²) in [6.45, 7) is 1.88. The lowest BCUT2D eigenvalue weighted by Gasteiger charge is -2.09. The number of amides is 2. The first kappa shape index (κ1) is 18.1. The molecule has 0 bridgehead atoms. The summed E-state index contributed by atoms with van der Waals surface area (Å²) in [5.74, 6) is -0.299. The van der Waals surface area contributed by atoms with E-state index in [2.05, 4.69) is 16.0 Å². The molecule has 0 fully saturated rings. The van der Waals surface area contributed by atoms with Crippen molar-refractivity contribution in [2.75, 3.05) is 22.5 Å². The fourth-order valence-electron chi connectivity index (χ4n) is 2.03. The van der Waals surface area contributed by atoms with Crippen LogP contribution in [0.25, 0.3) is 0 Å². The number of carbonyl (C=O) groups excluding carboxylic acids is 2. The third kappa shape index (κ3) is 5.76. The van der Waals surface area contributed by atoms with Crippen molar-refractivity contribution in [2.24, 2.45) is 0 Å². The van der Waals surface area contributed by atoms with Crippen LogP contribution in [-0.4, -0.2) is 18.4 Å². The van der Waals surface area contributed by atoms with E-state index in [-0.39, 0.29) is 18.2 Å². The van der Waals surface area contributed by atoms with Crippen LogP contribution >= 0.6 is 23.2 Å². The van der Waals surface area contributed by atoms with Gasteiger partial charge in [0, 0.05) is 37.0 Å². The molecule has 2 aromatic carbocycles. The van der Waals surface area contributed by atoms with Gasteiger partial charge in [-0.05, 0) is 36.4 Å². The van der Waals surface area contributed by atoms with Gasteiger partial charge in [-0.25, -0.2) is 0 Å². The predicted molar refractivity (Wildman–Crippen MR) is 98.9 cm³/mol. The molecule has 3 N–H and O–H groups in total. The summed E-state index contributed by atoms with van der Waals surface area (Å²) in [4.78, 5) is 23.0. The largest absolute Gasteiger partial charge is 0.384 e. The topological polar surface area (TPSA) is 70.2 Å². The van der Waals surface area contributed by atoms with Crippen LogP contribution in [-0.2, 0) is 9.59 Å². The number of hydrogen-bond donors (Lipinski definition) is 3. The maximum Gasteiger partial charge on any atom is 0.226 e. The Hall–Kier alpha value is -2.24. The van der Waals surface area contributed by atoms with Crippen LogP contribution in [0.15, 0.2) is 42.5 Å². The summed E-state index contributed by atoms with van der Waals surface area (Å²) in [6.07, 6.45) is 0.282. The van der Waals surface area contributed by atoms with Crippen LogP contribution in [0, 0.1) is 0 Å². The van der Waals surface area contributed by atoms with Crippen molar-refractivity contribution in [1.82, 2.24) is 0 Å². The maximum atomic E-state index is 12.0. The molecule has 126 valence electrons. The van der Waals surface area contributed by atoms with Gasteiger partial charge >= 0.3 is 0 Å². The molecule has 2 amide bonds. The minimum atomic E-state index is -0.163. The molecule has 2 aromatic rings. The molecule has 2 rings (SSSR count). The molecule has 24 heavy (non-hydrogen) atoms. The average Bonchev–Trinajstić information content (AvgIpc) is 2.50. The number of nitrogens with one attached hydrogen (secondary N) is 3. The van der Waals surface area contributed by atoms with Crippen LogP contribution in [0.3, 0.4) is 0 Å². The van der Waals surface area contributed by atoms with Crippen molar-refractivity contribution in [2.45, 2.75) is 13.3 Å². The second-order valence-electron chi connectivity index (χ2n) is 5.12. The van der Waals surface area contributed by atoms with E-state index in [1.54, 1.807) is 42.5 Å². The highest BCUT2D eigenvalue weighted by atomic mass is 35.5. The van der Waals surface area contributed by atoms with Gasteiger partial charge in [-0.2, -0.15) is 0 Å².